The van der Waals surface area contributed by atoms with E-state index >= 15 is 0 Å². The van der Waals surface area contributed by atoms with Gasteiger partial charge in [-0.3, -0.25) is 0 Å². The van der Waals surface area contributed by atoms with Crippen LogP contribution in [0.5, 0.6) is 11.5 Å². The van der Waals surface area contributed by atoms with Gasteiger partial charge in [-0.15, -0.1) is 5.10 Å². The SMILES string of the molecule is COc1ccc(OC)c(-c2cn(C(C)(C)C(=O)O)nn2)c1. The zero-order chi connectivity index (χ0) is 15.6. The van der Waals surface area contributed by atoms with E-state index in [1.54, 1.807) is 52.5 Å². The molecule has 1 aromatic heterocycles. The third-order valence-electron chi connectivity index (χ3n) is 3.27. The maximum absolute atomic E-state index is 11.3. The van der Waals surface area contributed by atoms with Crippen molar-refractivity contribution >= 4 is 5.97 Å². The standard InChI is InChI=1S/C14H17N3O4/c1-14(2,13(18)19)17-8-11(15-16-17)10-7-9(20-3)5-6-12(10)21-4/h5-8H,1-4H3,(H,18,19). The minimum absolute atomic E-state index is 0.514. The average molecular weight is 291 g/mol. The van der Waals surface area contributed by atoms with Crippen molar-refractivity contribution < 1.29 is 19.4 Å². The lowest BCUT2D eigenvalue weighted by molar-refractivity contribution is -0.146. The number of rotatable bonds is 5. The van der Waals surface area contributed by atoms with E-state index in [-0.39, 0.29) is 0 Å². The van der Waals surface area contributed by atoms with Crippen LogP contribution < -0.4 is 9.47 Å². The maximum atomic E-state index is 11.3. The molecule has 0 spiro atoms. The Balaban J connectivity index is 2.49. The number of benzene rings is 1. The molecule has 7 nitrogen and oxygen atoms in total. The fourth-order valence-electron chi connectivity index (χ4n) is 1.77. The second kappa shape index (κ2) is 5.43. The van der Waals surface area contributed by atoms with Crippen LogP contribution in [0.3, 0.4) is 0 Å². The highest BCUT2D eigenvalue weighted by atomic mass is 16.5. The van der Waals surface area contributed by atoms with E-state index < -0.39 is 11.5 Å². The number of aliphatic carboxylic acids is 1. The molecule has 0 aliphatic heterocycles. The lowest BCUT2D eigenvalue weighted by Gasteiger charge is -2.18. The van der Waals surface area contributed by atoms with Crippen LogP contribution in [0.15, 0.2) is 24.4 Å². The zero-order valence-corrected chi connectivity index (χ0v) is 12.3. The summed E-state index contributed by atoms with van der Waals surface area (Å²) in [4.78, 5) is 11.3. The Bertz CT molecular complexity index is 664. The molecule has 0 amide bonds. The maximum Gasteiger partial charge on any atom is 0.331 e. The molecule has 2 rings (SSSR count). The zero-order valence-electron chi connectivity index (χ0n) is 12.3. The Hall–Kier alpha value is -2.57. The lowest BCUT2D eigenvalue weighted by Crippen LogP contribution is -2.36. The van der Waals surface area contributed by atoms with E-state index in [0.29, 0.717) is 22.8 Å². The number of nitrogens with zero attached hydrogens (tertiary/aromatic N) is 3. The first-order valence-electron chi connectivity index (χ1n) is 6.28. The fourth-order valence-corrected chi connectivity index (χ4v) is 1.77. The first-order valence-corrected chi connectivity index (χ1v) is 6.28. The summed E-state index contributed by atoms with van der Waals surface area (Å²) in [6.45, 7) is 3.10. The van der Waals surface area contributed by atoms with E-state index in [0.717, 1.165) is 0 Å². The summed E-state index contributed by atoms with van der Waals surface area (Å²) in [5.74, 6) is 0.269. The summed E-state index contributed by atoms with van der Waals surface area (Å²) in [5.41, 5.74) is 0.0153. The number of methoxy groups -OCH3 is 2. The Labute approximate surface area is 122 Å². The smallest absolute Gasteiger partial charge is 0.331 e. The molecule has 0 unspecified atom stereocenters. The summed E-state index contributed by atoms with van der Waals surface area (Å²) >= 11 is 0. The van der Waals surface area contributed by atoms with Crippen LogP contribution in [0.25, 0.3) is 11.3 Å². The number of hydrogen-bond donors (Lipinski definition) is 1. The van der Waals surface area contributed by atoms with Gasteiger partial charge >= 0.3 is 5.97 Å². The molecule has 112 valence electrons. The van der Waals surface area contributed by atoms with Crippen LogP contribution in [-0.4, -0.2) is 40.3 Å². The summed E-state index contributed by atoms with van der Waals surface area (Å²) in [6.07, 6.45) is 1.57. The van der Waals surface area contributed by atoms with Gasteiger partial charge in [-0.2, -0.15) is 0 Å². The van der Waals surface area contributed by atoms with Gasteiger partial charge in [-0.25, -0.2) is 9.48 Å². The molecule has 0 aliphatic carbocycles. The monoisotopic (exact) mass is 291 g/mol. The van der Waals surface area contributed by atoms with Crippen LogP contribution in [0, 0.1) is 0 Å². The van der Waals surface area contributed by atoms with E-state index in [1.807, 2.05) is 0 Å². The molecule has 21 heavy (non-hydrogen) atoms. The number of carboxylic acid groups (broad SMARTS) is 1. The van der Waals surface area contributed by atoms with E-state index in [1.165, 1.54) is 4.68 Å². The van der Waals surface area contributed by atoms with Crippen LogP contribution in [0.4, 0.5) is 0 Å². The van der Waals surface area contributed by atoms with E-state index in [2.05, 4.69) is 10.3 Å². The predicted octanol–water partition coefficient (Wildman–Crippen LogP) is 1.78. The van der Waals surface area contributed by atoms with Crippen molar-refractivity contribution in [2.24, 2.45) is 0 Å². The van der Waals surface area contributed by atoms with Crippen molar-refractivity contribution in [3.8, 4) is 22.8 Å². The first-order chi connectivity index (χ1) is 9.90. The lowest BCUT2D eigenvalue weighted by atomic mass is 10.1. The molecular weight excluding hydrogens is 274 g/mol. The predicted molar refractivity (Wildman–Crippen MR) is 75.5 cm³/mol. The minimum atomic E-state index is -1.18. The van der Waals surface area contributed by atoms with Crippen molar-refractivity contribution in [1.29, 1.82) is 0 Å². The van der Waals surface area contributed by atoms with E-state index in [9.17, 15) is 9.90 Å². The first kappa shape index (κ1) is 14.8. The van der Waals surface area contributed by atoms with Gasteiger partial charge < -0.3 is 14.6 Å². The van der Waals surface area contributed by atoms with Gasteiger partial charge in [0.15, 0.2) is 5.54 Å². The highest BCUT2D eigenvalue weighted by Crippen LogP contribution is 2.32. The second-order valence-corrected chi connectivity index (χ2v) is 4.98. The molecule has 1 aromatic carbocycles. The highest BCUT2D eigenvalue weighted by molar-refractivity contribution is 5.76. The third-order valence-corrected chi connectivity index (χ3v) is 3.27. The van der Waals surface area contributed by atoms with Crippen molar-refractivity contribution in [2.45, 2.75) is 19.4 Å². The third kappa shape index (κ3) is 2.67. The van der Waals surface area contributed by atoms with Gasteiger partial charge in [0.05, 0.1) is 20.4 Å². The quantitative estimate of drug-likeness (QED) is 0.903. The highest BCUT2D eigenvalue weighted by Gasteiger charge is 2.31. The summed E-state index contributed by atoms with van der Waals surface area (Å²) in [7, 11) is 3.12. The summed E-state index contributed by atoms with van der Waals surface area (Å²) < 4.78 is 11.8. The van der Waals surface area contributed by atoms with Gasteiger partial charge in [0.1, 0.15) is 17.2 Å². The van der Waals surface area contributed by atoms with Gasteiger partial charge in [0.25, 0.3) is 0 Å². The summed E-state index contributed by atoms with van der Waals surface area (Å²) in [6, 6.07) is 5.30. The van der Waals surface area contributed by atoms with Gasteiger partial charge in [-0.05, 0) is 32.0 Å². The molecule has 0 saturated carbocycles. The Morgan fingerprint density at radius 3 is 2.57 bits per heavy atom. The molecule has 0 fully saturated rings. The van der Waals surface area contributed by atoms with Crippen molar-refractivity contribution in [3.05, 3.63) is 24.4 Å². The van der Waals surface area contributed by atoms with Crippen molar-refractivity contribution in [1.82, 2.24) is 15.0 Å². The second-order valence-electron chi connectivity index (χ2n) is 4.98. The molecular formula is C14H17N3O4. The van der Waals surface area contributed by atoms with Crippen LogP contribution in [0.1, 0.15) is 13.8 Å². The van der Waals surface area contributed by atoms with Gasteiger partial charge in [0.2, 0.25) is 0 Å². The van der Waals surface area contributed by atoms with Crippen LogP contribution >= 0.6 is 0 Å². The number of carboxylic acids is 1. The summed E-state index contributed by atoms with van der Waals surface area (Å²) in [5, 5.41) is 17.2. The molecule has 1 N–H and O–H groups in total. The molecule has 0 bridgehead atoms. The van der Waals surface area contributed by atoms with Gasteiger partial charge in [0, 0.05) is 5.56 Å². The van der Waals surface area contributed by atoms with Crippen molar-refractivity contribution in [3.63, 3.8) is 0 Å². The average Bonchev–Trinajstić information content (AvgIpc) is 2.96. The van der Waals surface area contributed by atoms with Crippen LogP contribution in [-0.2, 0) is 10.3 Å². The molecule has 1 heterocycles. The fraction of sp³-hybridized carbons (Fsp3) is 0.357. The Kier molecular flexibility index (Phi) is 3.84. The number of ether oxygens (including phenoxy) is 2. The van der Waals surface area contributed by atoms with Gasteiger partial charge in [-0.1, -0.05) is 5.21 Å². The normalized spacial score (nSPS) is 11.2. The Morgan fingerprint density at radius 1 is 1.29 bits per heavy atom. The largest absolute Gasteiger partial charge is 0.497 e. The topological polar surface area (TPSA) is 86.5 Å². The minimum Gasteiger partial charge on any atom is -0.497 e. The molecule has 2 aromatic rings. The molecule has 0 atom stereocenters. The molecule has 0 aliphatic rings. The number of hydrogen-bond acceptors (Lipinski definition) is 5. The van der Waals surface area contributed by atoms with Crippen LogP contribution in [0.2, 0.25) is 0 Å². The van der Waals surface area contributed by atoms with E-state index in [4.69, 9.17) is 9.47 Å². The van der Waals surface area contributed by atoms with Crippen molar-refractivity contribution in [2.75, 3.05) is 14.2 Å². The number of carbonyl (C=O) groups is 1. The molecule has 0 saturated heterocycles. The molecule has 7 heteroatoms. The molecule has 0 radical (unpaired) electrons. The Morgan fingerprint density at radius 2 is 2.00 bits per heavy atom. The number of aromatic nitrogens is 3.